The number of nitrogens with one attached hydrogen (secondary N) is 1. The molecule has 0 aliphatic heterocycles. The lowest BCUT2D eigenvalue weighted by Crippen LogP contribution is -2.31. The van der Waals surface area contributed by atoms with Gasteiger partial charge in [0, 0.05) is 18.4 Å². The summed E-state index contributed by atoms with van der Waals surface area (Å²) in [5, 5.41) is 3.02. The molecule has 1 atom stereocenters. The average molecular weight is 260 g/mol. The van der Waals surface area contributed by atoms with Crippen molar-refractivity contribution < 1.29 is 13.6 Å². The van der Waals surface area contributed by atoms with Crippen molar-refractivity contribution >= 4 is 5.91 Å². The SMILES string of the molecule is CCc1ocnc1C(=O)N[C@H]1CCCc2occc21. The number of amides is 1. The molecule has 1 aliphatic carbocycles. The average Bonchev–Trinajstić information content (AvgIpc) is 3.07. The van der Waals surface area contributed by atoms with Gasteiger partial charge in [0.05, 0.1) is 12.3 Å². The van der Waals surface area contributed by atoms with E-state index in [2.05, 4.69) is 10.3 Å². The zero-order valence-electron chi connectivity index (χ0n) is 10.8. The Morgan fingerprint density at radius 3 is 3.26 bits per heavy atom. The summed E-state index contributed by atoms with van der Waals surface area (Å²) in [4.78, 5) is 16.2. The lowest BCUT2D eigenvalue weighted by Gasteiger charge is -2.22. The molecule has 5 heteroatoms. The number of hydrogen-bond donors (Lipinski definition) is 1. The zero-order valence-corrected chi connectivity index (χ0v) is 10.8. The number of aryl methyl sites for hydroxylation is 2. The predicted octanol–water partition coefficient (Wildman–Crippen LogP) is 2.64. The van der Waals surface area contributed by atoms with Gasteiger partial charge in [-0.2, -0.15) is 0 Å². The fourth-order valence-electron chi connectivity index (χ4n) is 2.57. The van der Waals surface area contributed by atoms with E-state index in [0.717, 1.165) is 30.6 Å². The van der Waals surface area contributed by atoms with Crippen LogP contribution in [0.25, 0.3) is 0 Å². The molecule has 0 bridgehead atoms. The molecule has 3 rings (SSSR count). The van der Waals surface area contributed by atoms with Crippen LogP contribution in [0.15, 0.2) is 27.6 Å². The van der Waals surface area contributed by atoms with E-state index in [1.807, 2.05) is 13.0 Å². The maximum absolute atomic E-state index is 12.2. The van der Waals surface area contributed by atoms with Gasteiger partial charge >= 0.3 is 0 Å². The maximum Gasteiger partial charge on any atom is 0.274 e. The molecule has 1 N–H and O–H groups in total. The van der Waals surface area contributed by atoms with Gasteiger partial charge in [-0.3, -0.25) is 4.79 Å². The van der Waals surface area contributed by atoms with Crippen molar-refractivity contribution in [2.45, 2.75) is 38.6 Å². The first-order chi connectivity index (χ1) is 9.29. The fourth-order valence-corrected chi connectivity index (χ4v) is 2.57. The van der Waals surface area contributed by atoms with Crippen LogP contribution in [0.1, 0.15) is 53.4 Å². The third-order valence-corrected chi connectivity index (χ3v) is 3.53. The predicted molar refractivity (Wildman–Crippen MR) is 67.7 cm³/mol. The second kappa shape index (κ2) is 4.91. The summed E-state index contributed by atoms with van der Waals surface area (Å²) >= 11 is 0. The standard InChI is InChI=1S/C14H16N2O3/c1-2-11-13(15-8-19-11)14(17)16-10-4-3-5-12-9(10)6-7-18-12/h6-8,10H,2-5H2,1H3,(H,16,17)/t10-/m0/s1. The van der Waals surface area contributed by atoms with Gasteiger partial charge in [0.1, 0.15) is 11.5 Å². The number of oxazole rings is 1. The molecule has 1 amide bonds. The minimum absolute atomic E-state index is 0.0106. The number of rotatable bonds is 3. The number of fused-ring (bicyclic) bond motifs is 1. The van der Waals surface area contributed by atoms with Crippen LogP contribution in [0.2, 0.25) is 0 Å². The van der Waals surface area contributed by atoms with Crippen molar-refractivity contribution in [1.29, 1.82) is 0 Å². The minimum atomic E-state index is -0.176. The molecule has 0 unspecified atom stereocenters. The van der Waals surface area contributed by atoms with E-state index in [1.54, 1.807) is 6.26 Å². The molecule has 100 valence electrons. The molecule has 0 aromatic carbocycles. The van der Waals surface area contributed by atoms with Crippen LogP contribution < -0.4 is 5.32 Å². The Kier molecular flexibility index (Phi) is 3.11. The Bertz CT molecular complexity index is 585. The molecule has 19 heavy (non-hydrogen) atoms. The number of carbonyl (C=O) groups excluding carboxylic acids is 1. The van der Waals surface area contributed by atoms with Crippen LogP contribution in [0.3, 0.4) is 0 Å². The number of furan rings is 1. The fraction of sp³-hybridized carbons (Fsp3) is 0.429. The highest BCUT2D eigenvalue weighted by molar-refractivity contribution is 5.93. The van der Waals surface area contributed by atoms with Gasteiger partial charge in [0.15, 0.2) is 12.1 Å². The highest BCUT2D eigenvalue weighted by Crippen LogP contribution is 2.30. The highest BCUT2D eigenvalue weighted by atomic mass is 16.3. The highest BCUT2D eigenvalue weighted by Gasteiger charge is 2.26. The van der Waals surface area contributed by atoms with Gasteiger partial charge in [-0.1, -0.05) is 6.92 Å². The van der Waals surface area contributed by atoms with Crippen LogP contribution in [0.4, 0.5) is 0 Å². The largest absolute Gasteiger partial charge is 0.469 e. The molecule has 0 spiro atoms. The van der Waals surface area contributed by atoms with Crippen molar-refractivity contribution in [3.05, 3.63) is 41.5 Å². The molecule has 2 heterocycles. The Morgan fingerprint density at radius 2 is 2.42 bits per heavy atom. The van der Waals surface area contributed by atoms with Crippen LogP contribution in [-0.2, 0) is 12.8 Å². The van der Waals surface area contributed by atoms with E-state index in [0.29, 0.717) is 17.9 Å². The summed E-state index contributed by atoms with van der Waals surface area (Å²) in [5.41, 5.74) is 1.47. The Balaban J connectivity index is 1.78. The summed E-state index contributed by atoms with van der Waals surface area (Å²) in [5.74, 6) is 1.43. The van der Waals surface area contributed by atoms with E-state index in [1.165, 1.54) is 6.39 Å². The van der Waals surface area contributed by atoms with E-state index in [4.69, 9.17) is 8.83 Å². The molecule has 1 aliphatic rings. The van der Waals surface area contributed by atoms with E-state index < -0.39 is 0 Å². The quantitative estimate of drug-likeness (QED) is 0.921. The Morgan fingerprint density at radius 1 is 1.53 bits per heavy atom. The molecule has 0 saturated heterocycles. The van der Waals surface area contributed by atoms with E-state index >= 15 is 0 Å². The molecule has 5 nitrogen and oxygen atoms in total. The summed E-state index contributed by atoms with van der Waals surface area (Å²) < 4.78 is 10.6. The van der Waals surface area contributed by atoms with Gasteiger partial charge in [-0.25, -0.2) is 4.98 Å². The summed E-state index contributed by atoms with van der Waals surface area (Å²) in [7, 11) is 0. The third-order valence-electron chi connectivity index (χ3n) is 3.53. The lowest BCUT2D eigenvalue weighted by molar-refractivity contribution is 0.0926. The smallest absolute Gasteiger partial charge is 0.274 e. The summed E-state index contributed by atoms with van der Waals surface area (Å²) in [6.07, 6.45) is 6.55. The van der Waals surface area contributed by atoms with Crippen molar-refractivity contribution in [3.63, 3.8) is 0 Å². The van der Waals surface area contributed by atoms with E-state index in [9.17, 15) is 4.79 Å². The van der Waals surface area contributed by atoms with Crippen LogP contribution in [0.5, 0.6) is 0 Å². The molecule has 2 aromatic rings. The Hall–Kier alpha value is -2.04. The maximum atomic E-state index is 12.2. The Labute approximate surface area is 111 Å². The minimum Gasteiger partial charge on any atom is -0.469 e. The first kappa shape index (κ1) is 12.0. The second-order valence-electron chi connectivity index (χ2n) is 4.70. The number of nitrogens with zero attached hydrogens (tertiary/aromatic N) is 1. The van der Waals surface area contributed by atoms with Gasteiger partial charge < -0.3 is 14.2 Å². The number of aromatic nitrogens is 1. The molecular weight excluding hydrogens is 244 g/mol. The van der Waals surface area contributed by atoms with Crippen LogP contribution in [0, 0.1) is 0 Å². The van der Waals surface area contributed by atoms with Crippen molar-refractivity contribution in [2.75, 3.05) is 0 Å². The molecule has 2 aromatic heterocycles. The number of carbonyl (C=O) groups is 1. The van der Waals surface area contributed by atoms with Crippen LogP contribution in [-0.4, -0.2) is 10.9 Å². The number of hydrogen-bond acceptors (Lipinski definition) is 4. The molecular formula is C14H16N2O3. The second-order valence-corrected chi connectivity index (χ2v) is 4.70. The summed E-state index contributed by atoms with van der Waals surface area (Å²) in [6.45, 7) is 1.94. The third kappa shape index (κ3) is 2.16. The summed E-state index contributed by atoms with van der Waals surface area (Å²) in [6, 6.07) is 1.94. The lowest BCUT2D eigenvalue weighted by atomic mass is 9.93. The molecule has 0 fully saturated rings. The van der Waals surface area contributed by atoms with Gasteiger partial charge in [-0.05, 0) is 18.9 Å². The topological polar surface area (TPSA) is 68.3 Å². The normalized spacial score (nSPS) is 18.1. The monoisotopic (exact) mass is 260 g/mol. The van der Waals surface area contributed by atoms with Gasteiger partial charge in [0.25, 0.3) is 5.91 Å². The molecule has 0 saturated carbocycles. The zero-order chi connectivity index (χ0) is 13.2. The first-order valence-electron chi connectivity index (χ1n) is 6.59. The molecule has 0 radical (unpaired) electrons. The van der Waals surface area contributed by atoms with Gasteiger partial charge in [0.2, 0.25) is 0 Å². The van der Waals surface area contributed by atoms with Gasteiger partial charge in [-0.15, -0.1) is 0 Å². The van der Waals surface area contributed by atoms with Crippen molar-refractivity contribution in [3.8, 4) is 0 Å². The van der Waals surface area contributed by atoms with Crippen molar-refractivity contribution in [1.82, 2.24) is 10.3 Å². The van der Waals surface area contributed by atoms with Crippen LogP contribution >= 0.6 is 0 Å². The van der Waals surface area contributed by atoms with E-state index in [-0.39, 0.29) is 11.9 Å². The van der Waals surface area contributed by atoms with Crippen molar-refractivity contribution in [2.24, 2.45) is 0 Å². The first-order valence-corrected chi connectivity index (χ1v) is 6.59.